The Balaban J connectivity index is 1.91. The zero-order valence-corrected chi connectivity index (χ0v) is 15.4. The zero-order chi connectivity index (χ0) is 19.6. The molecule has 2 aromatic rings. The summed E-state index contributed by atoms with van der Waals surface area (Å²) in [6.07, 6.45) is -0.828. The van der Waals surface area contributed by atoms with Gasteiger partial charge >= 0.3 is 0 Å². The van der Waals surface area contributed by atoms with Crippen molar-refractivity contribution in [2.75, 3.05) is 19.7 Å². The van der Waals surface area contributed by atoms with Crippen molar-refractivity contribution in [2.24, 2.45) is 5.73 Å². The van der Waals surface area contributed by atoms with E-state index in [1.807, 2.05) is 26.0 Å². The lowest BCUT2D eigenvalue weighted by Gasteiger charge is -2.31. The summed E-state index contributed by atoms with van der Waals surface area (Å²) in [5.74, 6) is -1.12. The van der Waals surface area contributed by atoms with Gasteiger partial charge in [0.2, 0.25) is 5.91 Å². The van der Waals surface area contributed by atoms with Crippen LogP contribution in [0.2, 0.25) is 0 Å². The van der Waals surface area contributed by atoms with Crippen molar-refractivity contribution >= 4 is 17.6 Å². The normalized spacial score (nSPS) is 16.8. The molecule has 0 spiro atoms. The Kier molecular flexibility index (Phi) is 5.37. The standard InChI is InChI=1S/C21H22N2O4/c1-13-7-8-15(11-14(13)2)19(24)16-5-3-4-6-17(16)21(26)23-9-10-27-18(12-23)20(22)25/h3-8,11,18H,9-10,12H2,1-2H3,(H2,22,25)/t18-/m1/s1. The highest BCUT2D eigenvalue weighted by Gasteiger charge is 2.30. The van der Waals surface area contributed by atoms with Gasteiger partial charge < -0.3 is 15.4 Å². The Morgan fingerprint density at radius 1 is 1.04 bits per heavy atom. The molecule has 1 heterocycles. The van der Waals surface area contributed by atoms with Crippen molar-refractivity contribution in [1.82, 2.24) is 4.90 Å². The van der Waals surface area contributed by atoms with E-state index < -0.39 is 12.0 Å². The van der Waals surface area contributed by atoms with Crippen LogP contribution in [0.3, 0.4) is 0 Å². The second kappa shape index (κ2) is 7.72. The van der Waals surface area contributed by atoms with E-state index in [9.17, 15) is 14.4 Å². The van der Waals surface area contributed by atoms with Crippen LogP contribution in [0.25, 0.3) is 0 Å². The third-order valence-electron chi connectivity index (χ3n) is 4.84. The molecule has 0 aromatic heterocycles. The average Bonchev–Trinajstić information content (AvgIpc) is 2.69. The molecule has 27 heavy (non-hydrogen) atoms. The van der Waals surface area contributed by atoms with E-state index in [2.05, 4.69) is 0 Å². The first-order valence-electron chi connectivity index (χ1n) is 8.79. The van der Waals surface area contributed by atoms with Crippen LogP contribution in [0.4, 0.5) is 0 Å². The molecule has 1 saturated heterocycles. The van der Waals surface area contributed by atoms with Crippen LogP contribution < -0.4 is 5.73 Å². The number of morpholine rings is 1. The highest BCUT2D eigenvalue weighted by atomic mass is 16.5. The summed E-state index contributed by atoms with van der Waals surface area (Å²) in [6.45, 7) is 4.58. The Labute approximate surface area is 157 Å². The lowest BCUT2D eigenvalue weighted by molar-refractivity contribution is -0.133. The van der Waals surface area contributed by atoms with Crippen molar-refractivity contribution < 1.29 is 19.1 Å². The Morgan fingerprint density at radius 2 is 1.74 bits per heavy atom. The predicted octanol–water partition coefficient (Wildman–Crippen LogP) is 1.86. The van der Waals surface area contributed by atoms with E-state index in [1.54, 1.807) is 30.3 Å². The molecule has 1 aliphatic heterocycles. The van der Waals surface area contributed by atoms with E-state index in [0.717, 1.165) is 11.1 Å². The Hall–Kier alpha value is -2.99. The van der Waals surface area contributed by atoms with Gasteiger partial charge in [0, 0.05) is 17.7 Å². The molecule has 1 aliphatic rings. The SMILES string of the molecule is Cc1ccc(C(=O)c2ccccc2C(=O)N2CCO[C@@H](C(N)=O)C2)cc1C. The second-order valence-electron chi connectivity index (χ2n) is 6.69. The number of rotatable bonds is 4. The van der Waals surface area contributed by atoms with Crippen molar-refractivity contribution in [1.29, 1.82) is 0 Å². The molecule has 0 bridgehead atoms. The van der Waals surface area contributed by atoms with Gasteiger partial charge in [0.05, 0.1) is 18.7 Å². The van der Waals surface area contributed by atoms with E-state index in [0.29, 0.717) is 23.2 Å². The van der Waals surface area contributed by atoms with Crippen LogP contribution >= 0.6 is 0 Å². The second-order valence-corrected chi connectivity index (χ2v) is 6.69. The summed E-state index contributed by atoms with van der Waals surface area (Å²) in [5.41, 5.74) is 8.60. The van der Waals surface area contributed by atoms with Gasteiger partial charge in [-0.05, 0) is 37.1 Å². The average molecular weight is 366 g/mol. The van der Waals surface area contributed by atoms with Gasteiger partial charge in [-0.15, -0.1) is 0 Å². The highest BCUT2D eigenvalue weighted by Crippen LogP contribution is 2.20. The molecule has 140 valence electrons. The largest absolute Gasteiger partial charge is 0.367 e. The molecule has 1 fully saturated rings. The number of carbonyl (C=O) groups excluding carboxylic acids is 3. The third-order valence-corrected chi connectivity index (χ3v) is 4.84. The van der Waals surface area contributed by atoms with Gasteiger partial charge in [-0.2, -0.15) is 0 Å². The molecule has 0 unspecified atom stereocenters. The number of amides is 2. The van der Waals surface area contributed by atoms with E-state index >= 15 is 0 Å². The van der Waals surface area contributed by atoms with Crippen LogP contribution in [-0.2, 0) is 9.53 Å². The summed E-state index contributed by atoms with van der Waals surface area (Å²) in [7, 11) is 0. The minimum Gasteiger partial charge on any atom is -0.367 e. The molecule has 0 radical (unpaired) electrons. The third kappa shape index (κ3) is 3.90. The Morgan fingerprint density at radius 3 is 2.41 bits per heavy atom. The summed E-state index contributed by atoms with van der Waals surface area (Å²) in [6, 6.07) is 12.2. The molecule has 2 aromatic carbocycles. The number of primary amides is 1. The number of nitrogens with two attached hydrogens (primary N) is 1. The first-order chi connectivity index (χ1) is 12.9. The topological polar surface area (TPSA) is 89.7 Å². The maximum Gasteiger partial charge on any atom is 0.254 e. The molecule has 6 heteroatoms. The van der Waals surface area contributed by atoms with Gasteiger partial charge in [0.15, 0.2) is 11.9 Å². The minimum atomic E-state index is -0.828. The Bertz CT molecular complexity index is 907. The van der Waals surface area contributed by atoms with Gasteiger partial charge in [0.1, 0.15) is 0 Å². The molecule has 2 amide bonds. The van der Waals surface area contributed by atoms with E-state index in [-0.39, 0.29) is 24.8 Å². The maximum atomic E-state index is 13.0. The fraction of sp³-hybridized carbons (Fsp3) is 0.286. The quantitative estimate of drug-likeness (QED) is 0.837. The number of ketones is 1. The number of nitrogens with zero attached hydrogens (tertiary/aromatic N) is 1. The van der Waals surface area contributed by atoms with E-state index in [1.165, 1.54) is 4.90 Å². The molecular formula is C21H22N2O4. The summed E-state index contributed by atoms with van der Waals surface area (Å²) >= 11 is 0. The van der Waals surface area contributed by atoms with Gasteiger partial charge in [-0.1, -0.05) is 30.3 Å². The minimum absolute atomic E-state index is 0.0837. The lowest BCUT2D eigenvalue weighted by Crippen LogP contribution is -2.50. The van der Waals surface area contributed by atoms with Crippen LogP contribution in [0.5, 0.6) is 0 Å². The fourth-order valence-electron chi connectivity index (χ4n) is 3.08. The first kappa shape index (κ1) is 18.8. The van der Waals surface area contributed by atoms with Crippen molar-refractivity contribution in [3.63, 3.8) is 0 Å². The number of benzene rings is 2. The van der Waals surface area contributed by atoms with Crippen LogP contribution in [0.15, 0.2) is 42.5 Å². The molecule has 3 rings (SSSR count). The van der Waals surface area contributed by atoms with Crippen molar-refractivity contribution in [3.8, 4) is 0 Å². The maximum absolute atomic E-state index is 13.0. The summed E-state index contributed by atoms with van der Waals surface area (Å²) < 4.78 is 5.29. The smallest absolute Gasteiger partial charge is 0.254 e. The molecule has 1 atom stereocenters. The molecular weight excluding hydrogens is 344 g/mol. The zero-order valence-electron chi connectivity index (χ0n) is 15.4. The molecule has 0 aliphatic carbocycles. The predicted molar refractivity (Wildman–Crippen MR) is 101 cm³/mol. The van der Waals surface area contributed by atoms with Crippen molar-refractivity contribution in [2.45, 2.75) is 20.0 Å². The van der Waals surface area contributed by atoms with Gasteiger partial charge in [0.25, 0.3) is 5.91 Å². The number of hydrogen-bond donors (Lipinski definition) is 1. The lowest BCUT2D eigenvalue weighted by atomic mass is 9.95. The fourth-order valence-corrected chi connectivity index (χ4v) is 3.08. The van der Waals surface area contributed by atoms with E-state index in [4.69, 9.17) is 10.5 Å². The molecule has 6 nitrogen and oxygen atoms in total. The van der Waals surface area contributed by atoms with Crippen LogP contribution in [0, 0.1) is 13.8 Å². The molecule has 0 saturated carbocycles. The van der Waals surface area contributed by atoms with Crippen molar-refractivity contribution in [3.05, 3.63) is 70.3 Å². The highest BCUT2D eigenvalue weighted by molar-refractivity contribution is 6.15. The van der Waals surface area contributed by atoms with Gasteiger partial charge in [-0.25, -0.2) is 0 Å². The summed E-state index contributed by atoms with van der Waals surface area (Å²) in [4.78, 5) is 38.9. The van der Waals surface area contributed by atoms with Gasteiger partial charge in [-0.3, -0.25) is 14.4 Å². The molecule has 2 N–H and O–H groups in total. The number of ether oxygens (including phenoxy) is 1. The number of hydrogen-bond acceptors (Lipinski definition) is 4. The summed E-state index contributed by atoms with van der Waals surface area (Å²) in [5, 5.41) is 0. The monoisotopic (exact) mass is 366 g/mol. The first-order valence-corrected chi connectivity index (χ1v) is 8.79. The number of aryl methyl sites for hydroxylation is 2. The number of carbonyl (C=O) groups is 3. The van der Waals surface area contributed by atoms with Crippen LogP contribution in [-0.4, -0.2) is 48.3 Å². The van der Waals surface area contributed by atoms with Crippen LogP contribution in [0.1, 0.15) is 37.4 Å².